The van der Waals surface area contributed by atoms with Gasteiger partial charge < -0.3 is 9.64 Å². The first-order valence-corrected chi connectivity index (χ1v) is 7.71. The van der Waals surface area contributed by atoms with Gasteiger partial charge in [-0.3, -0.25) is 4.79 Å². The first-order valence-electron chi connectivity index (χ1n) is 6.92. The van der Waals surface area contributed by atoms with Crippen molar-refractivity contribution in [2.24, 2.45) is 5.41 Å². The van der Waals surface area contributed by atoms with Gasteiger partial charge in [-0.25, -0.2) is 0 Å². The third kappa shape index (κ3) is 4.38. The molecule has 0 aromatic heterocycles. The van der Waals surface area contributed by atoms with Crippen molar-refractivity contribution in [1.29, 1.82) is 0 Å². The van der Waals surface area contributed by atoms with Gasteiger partial charge in [-0.1, -0.05) is 13.8 Å². The molecule has 1 aliphatic rings. The zero-order valence-electron chi connectivity index (χ0n) is 12.3. The van der Waals surface area contributed by atoms with E-state index < -0.39 is 12.1 Å². The molecule has 1 aliphatic heterocycles. The van der Waals surface area contributed by atoms with E-state index in [0.717, 1.165) is 18.9 Å². The fraction of sp³-hybridized carbons (Fsp3) is 0.533. The number of hydrogen-bond donors (Lipinski definition) is 0. The van der Waals surface area contributed by atoms with E-state index in [9.17, 15) is 18.0 Å². The number of nitrogens with zero attached hydrogens (tertiary/aromatic N) is 1. The Morgan fingerprint density at radius 2 is 1.86 bits per heavy atom. The summed E-state index contributed by atoms with van der Waals surface area (Å²) in [6.07, 6.45) is -3.03. The Morgan fingerprint density at radius 3 is 2.41 bits per heavy atom. The molecule has 1 aromatic carbocycles. The molecule has 2 rings (SSSR count). The summed E-state index contributed by atoms with van der Waals surface area (Å²) in [6, 6.07) is 3.69. The molecule has 1 heterocycles. The van der Waals surface area contributed by atoms with Gasteiger partial charge >= 0.3 is 6.36 Å². The molecule has 0 radical (unpaired) electrons. The highest BCUT2D eigenvalue weighted by Gasteiger charge is 2.32. The lowest BCUT2D eigenvalue weighted by atomic mass is 9.82. The Labute approximate surface area is 135 Å². The molecule has 0 aliphatic carbocycles. The third-order valence-corrected chi connectivity index (χ3v) is 4.50. The maximum atomic E-state index is 12.5. The number of hydrogen-bond acceptors (Lipinski definition) is 2. The van der Waals surface area contributed by atoms with Crippen molar-refractivity contribution in [2.75, 3.05) is 13.1 Å². The summed E-state index contributed by atoms with van der Waals surface area (Å²) in [5.74, 6) is -0.675. The first kappa shape index (κ1) is 17.1. The van der Waals surface area contributed by atoms with Crippen LogP contribution >= 0.6 is 15.9 Å². The van der Waals surface area contributed by atoms with Gasteiger partial charge in [0.1, 0.15) is 5.75 Å². The Kier molecular flexibility index (Phi) is 4.75. The van der Waals surface area contributed by atoms with Crippen LogP contribution in [0.4, 0.5) is 13.2 Å². The van der Waals surface area contributed by atoms with Gasteiger partial charge in [0.05, 0.1) is 5.56 Å². The summed E-state index contributed by atoms with van der Waals surface area (Å²) >= 11 is 3.22. The average Bonchev–Trinajstić information content (AvgIpc) is 2.38. The number of carbonyl (C=O) groups excluding carboxylic acids is 1. The van der Waals surface area contributed by atoms with E-state index in [1.807, 2.05) is 0 Å². The zero-order valence-corrected chi connectivity index (χ0v) is 13.9. The largest absolute Gasteiger partial charge is 0.573 e. The zero-order chi connectivity index (χ0) is 16.5. The Balaban J connectivity index is 2.17. The van der Waals surface area contributed by atoms with Gasteiger partial charge in [-0.2, -0.15) is 0 Å². The summed E-state index contributed by atoms with van der Waals surface area (Å²) in [4.78, 5) is 14.2. The number of ether oxygens (including phenoxy) is 1. The lowest BCUT2D eigenvalue weighted by Gasteiger charge is -2.37. The summed E-state index contributed by atoms with van der Waals surface area (Å²) in [5.41, 5.74) is 0.372. The molecule has 3 nitrogen and oxygen atoms in total. The molecule has 0 N–H and O–H groups in total. The summed E-state index contributed by atoms with van der Waals surface area (Å²) in [5, 5.41) is 0. The lowest BCUT2D eigenvalue weighted by Crippen LogP contribution is -2.41. The van der Waals surface area contributed by atoms with E-state index in [-0.39, 0.29) is 16.9 Å². The second-order valence-corrected chi connectivity index (χ2v) is 7.00. The van der Waals surface area contributed by atoms with E-state index in [1.165, 1.54) is 12.1 Å². The summed E-state index contributed by atoms with van der Waals surface area (Å²) in [6.45, 7) is 5.48. The third-order valence-electron chi connectivity index (χ3n) is 3.81. The standard InChI is InChI=1S/C15H17BrF3NO2/c1-14(2)5-7-20(8-6-14)13(21)11-9-10(3-4-12(11)16)22-15(17,18)19/h3-4,9H,5-8H2,1-2H3. The minimum atomic E-state index is -4.77. The summed E-state index contributed by atoms with van der Waals surface area (Å²) < 4.78 is 41.2. The number of likely N-dealkylation sites (tertiary alicyclic amines) is 1. The van der Waals surface area contributed by atoms with Crippen LogP contribution in [0.5, 0.6) is 5.75 Å². The highest BCUT2D eigenvalue weighted by Crippen LogP contribution is 2.32. The average molecular weight is 380 g/mol. The molecular weight excluding hydrogens is 363 g/mol. The first-order chi connectivity index (χ1) is 10.1. The van der Waals surface area contributed by atoms with Crippen molar-refractivity contribution in [2.45, 2.75) is 33.1 Å². The smallest absolute Gasteiger partial charge is 0.406 e. The van der Waals surface area contributed by atoms with Crippen LogP contribution in [0, 0.1) is 5.41 Å². The molecule has 1 fully saturated rings. The van der Waals surface area contributed by atoms with Crippen LogP contribution in [-0.4, -0.2) is 30.3 Å². The molecule has 1 saturated heterocycles. The molecule has 0 atom stereocenters. The number of rotatable bonds is 2. The molecule has 0 saturated carbocycles. The highest BCUT2D eigenvalue weighted by atomic mass is 79.9. The van der Waals surface area contributed by atoms with Gasteiger partial charge in [0.25, 0.3) is 5.91 Å². The highest BCUT2D eigenvalue weighted by molar-refractivity contribution is 9.10. The molecule has 0 bridgehead atoms. The van der Waals surface area contributed by atoms with Gasteiger partial charge in [-0.05, 0) is 52.4 Å². The van der Waals surface area contributed by atoms with Gasteiger partial charge in [0, 0.05) is 17.6 Å². The van der Waals surface area contributed by atoms with Crippen molar-refractivity contribution in [3.63, 3.8) is 0 Å². The van der Waals surface area contributed by atoms with Gasteiger partial charge in [0.2, 0.25) is 0 Å². The van der Waals surface area contributed by atoms with Gasteiger partial charge in [-0.15, -0.1) is 13.2 Å². The van der Waals surface area contributed by atoms with Crippen molar-refractivity contribution in [3.8, 4) is 5.75 Å². The number of alkyl halides is 3. The van der Waals surface area contributed by atoms with Crippen LogP contribution < -0.4 is 4.74 Å². The number of carbonyl (C=O) groups is 1. The van der Waals surface area contributed by atoms with E-state index in [4.69, 9.17) is 0 Å². The van der Waals surface area contributed by atoms with E-state index >= 15 is 0 Å². The lowest BCUT2D eigenvalue weighted by molar-refractivity contribution is -0.274. The molecule has 7 heteroatoms. The second kappa shape index (κ2) is 6.10. The van der Waals surface area contributed by atoms with Gasteiger partial charge in [0.15, 0.2) is 0 Å². The van der Waals surface area contributed by atoms with Crippen molar-refractivity contribution < 1.29 is 22.7 Å². The van der Waals surface area contributed by atoms with Crippen LogP contribution in [0.2, 0.25) is 0 Å². The SMILES string of the molecule is CC1(C)CCN(C(=O)c2cc(OC(F)(F)F)ccc2Br)CC1. The maximum absolute atomic E-state index is 12.5. The number of amides is 1. The number of piperidine rings is 1. The van der Waals surface area contributed by atoms with Crippen molar-refractivity contribution in [1.82, 2.24) is 4.90 Å². The van der Waals surface area contributed by atoms with Crippen molar-refractivity contribution >= 4 is 21.8 Å². The predicted molar refractivity (Wildman–Crippen MR) is 79.7 cm³/mol. The molecule has 22 heavy (non-hydrogen) atoms. The molecular formula is C15H17BrF3NO2. The van der Waals surface area contributed by atoms with Crippen LogP contribution in [0.15, 0.2) is 22.7 Å². The molecule has 1 amide bonds. The van der Waals surface area contributed by atoms with Crippen LogP contribution in [0.3, 0.4) is 0 Å². The van der Waals surface area contributed by atoms with E-state index in [1.54, 1.807) is 4.90 Å². The van der Waals surface area contributed by atoms with Crippen LogP contribution in [0.1, 0.15) is 37.0 Å². The monoisotopic (exact) mass is 379 g/mol. The second-order valence-electron chi connectivity index (χ2n) is 6.15. The summed E-state index contributed by atoms with van der Waals surface area (Å²) in [7, 11) is 0. The van der Waals surface area contributed by atoms with Crippen molar-refractivity contribution in [3.05, 3.63) is 28.2 Å². The Morgan fingerprint density at radius 1 is 1.27 bits per heavy atom. The fourth-order valence-electron chi connectivity index (χ4n) is 2.35. The Bertz CT molecular complexity index is 562. The topological polar surface area (TPSA) is 29.5 Å². The van der Waals surface area contributed by atoms with Crippen LogP contribution in [0.25, 0.3) is 0 Å². The van der Waals surface area contributed by atoms with E-state index in [2.05, 4.69) is 34.5 Å². The normalized spacial score (nSPS) is 18.2. The minimum Gasteiger partial charge on any atom is -0.406 e. The fourth-order valence-corrected chi connectivity index (χ4v) is 2.77. The minimum absolute atomic E-state index is 0.182. The molecule has 122 valence electrons. The quantitative estimate of drug-likeness (QED) is 0.750. The predicted octanol–water partition coefficient (Wildman–Crippen LogP) is 4.61. The maximum Gasteiger partial charge on any atom is 0.573 e. The molecule has 0 unspecified atom stereocenters. The number of benzene rings is 1. The number of halogens is 4. The Hall–Kier alpha value is -1.24. The molecule has 0 spiro atoms. The molecule has 1 aromatic rings. The van der Waals surface area contributed by atoms with Crippen LogP contribution in [-0.2, 0) is 0 Å². The van der Waals surface area contributed by atoms with E-state index in [0.29, 0.717) is 17.6 Å².